The van der Waals surface area contributed by atoms with Crippen LogP contribution in [0.4, 0.5) is 5.69 Å². The van der Waals surface area contributed by atoms with Gasteiger partial charge in [0.15, 0.2) is 5.78 Å². The minimum absolute atomic E-state index is 0.0108. The van der Waals surface area contributed by atoms with Crippen molar-refractivity contribution in [3.8, 4) is 0 Å². The number of rotatable bonds is 3. The predicted octanol–water partition coefficient (Wildman–Crippen LogP) is 2.19. The van der Waals surface area contributed by atoms with Crippen molar-refractivity contribution in [2.45, 2.75) is 6.42 Å². The van der Waals surface area contributed by atoms with E-state index in [0.717, 1.165) is 10.2 Å². The van der Waals surface area contributed by atoms with E-state index in [9.17, 15) is 4.79 Å². The minimum Gasteiger partial charge on any atom is -0.399 e. The molecule has 4 nitrogen and oxygen atoms in total. The van der Waals surface area contributed by atoms with Crippen LogP contribution >= 0.6 is 15.9 Å². The summed E-state index contributed by atoms with van der Waals surface area (Å²) < 4.78 is 2.49. The molecule has 1 heterocycles. The fourth-order valence-corrected chi connectivity index (χ4v) is 2.11. The van der Waals surface area contributed by atoms with Crippen molar-refractivity contribution in [1.29, 1.82) is 0 Å². The molecular formula is C12H12BrN3O. The first-order chi connectivity index (χ1) is 8.04. The Morgan fingerprint density at radius 3 is 2.82 bits per heavy atom. The summed E-state index contributed by atoms with van der Waals surface area (Å²) in [6, 6.07) is 7.04. The Morgan fingerprint density at radius 1 is 1.47 bits per heavy atom. The second-order valence-electron chi connectivity index (χ2n) is 3.85. The lowest BCUT2D eigenvalue weighted by Gasteiger charge is -2.02. The van der Waals surface area contributed by atoms with Gasteiger partial charge >= 0.3 is 0 Å². The number of aryl methyl sites for hydroxylation is 1. The molecule has 0 atom stereocenters. The molecule has 0 amide bonds. The van der Waals surface area contributed by atoms with Crippen LogP contribution in [0, 0.1) is 0 Å². The van der Waals surface area contributed by atoms with Crippen LogP contribution in [0.2, 0.25) is 0 Å². The van der Waals surface area contributed by atoms with Gasteiger partial charge in [0.1, 0.15) is 0 Å². The van der Waals surface area contributed by atoms with E-state index in [1.807, 2.05) is 19.3 Å². The first-order valence-electron chi connectivity index (χ1n) is 5.12. The summed E-state index contributed by atoms with van der Waals surface area (Å²) in [7, 11) is 1.82. The van der Waals surface area contributed by atoms with Gasteiger partial charge in [-0.1, -0.05) is 15.9 Å². The maximum absolute atomic E-state index is 12.0. The first-order valence-corrected chi connectivity index (χ1v) is 5.91. The number of carbonyl (C=O) groups is 1. The summed E-state index contributed by atoms with van der Waals surface area (Å²) in [6.07, 6.45) is 2.11. The van der Waals surface area contributed by atoms with Gasteiger partial charge < -0.3 is 5.73 Å². The van der Waals surface area contributed by atoms with Crippen molar-refractivity contribution >= 4 is 27.4 Å². The lowest BCUT2D eigenvalue weighted by atomic mass is 10.1. The number of nitrogens with zero attached hydrogens (tertiary/aromatic N) is 2. The smallest absolute Gasteiger partial charge is 0.168 e. The van der Waals surface area contributed by atoms with E-state index in [1.165, 1.54) is 0 Å². The quantitative estimate of drug-likeness (QED) is 0.697. The average molecular weight is 294 g/mol. The van der Waals surface area contributed by atoms with Gasteiger partial charge in [-0.25, -0.2) is 0 Å². The zero-order valence-electron chi connectivity index (χ0n) is 9.35. The van der Waals surface area contributed by atoms with Crippen LogP contribution in [0.1, 0.15) is 16.1 Å². The normalized spacial score (nSPS) is 10.5. The standard InChI is InChI=1S/C12H12BrN3O/c1-16-3-2-11(15-16)7-12(17)8-4-9(13)6-10(14)5-8/h2-6H,7,14H2,1H3. The van der Waals surface area contributed by atoms with Crippen molar-refractivity contribution in [1.82, 2.24) is 9.78 Å². The van der Waals surface area contributed by atoms with Crippen LogP contribution in [-0.4, -0.2) is 15.6 Å². The van der Waals surface area contributed by atoms with Crippen LogP contribution in [0.5, 0.6) is 0 Å². The molecule has 0 radical (unpaired) electrons. The average Bonchev–Trinajstić information content (AvgIpc) is 2.62. The van der Waals surface area contributed by atoms with Gasteiger partial charge in [0, 0.05) is 29.0 Å². The number of carbonyl (C=O) groups excluding carboxylic acids is 1. The third-order valence-corrected chi connectivity index (χ3v) is 2.81. The van der Waals surface area contributed by atoms with Gasteiger partial charge in [-0.2, -0.15) is 5.10 Å². The van der Waals surface area contributed by atoms with E-state index in [1.54, 1.807) is 22.9 Å². The molecule has 2 rings (SSSR count). The van der Waals surface area contributed by atoms with Crippen molar-refractivity contribution < 1.29 is 4.79 Å². The largest absolute Gasteiger partial charge is 0.399 e. The molecule has 0 spiro atoms. The van der Waals surface area contributed by atoms with E-state index in [2.05, 4.69) is 21.0 Å². The molecule has 0 fully saturated rings. The van der Waals surface area contributed by atoms with Crippen LogP contribution in [0.25, 0.3) is 0 Å². The predicted molar refractivity (Wildman–Crippen MR) is 69.8 cm³/mol. The second-order valence-corrected chi connectivity index (χ2v) is 4.77. The lowest BCUT2D eigenvalue weighted by molar-refractivity contribution is 0.0992. The molecule has 88 valence electrons. The molecule has 17 heavy (non-hydrogen) atoms. The molecule has 0 saturated carbocycles. The number of nitrogen functional groups attached to an aromatic ring is 1. The fourth-order valence-electron chi connectivity index (χ4n) is 1.60. The topological polar surface area (TPSA) is 60.9 Å². The summed E-state index contributed by atoms with van der Waals surface area (Å²) in [5, 5.41) is 4.17. The molecular weight excluding hydrogens is 282 g/mol. The van der Waals surface area contributed by atoms with Gasteiger partial charge in [0.25, 0.3) is 0 Å². The Morgan fingerprint density at radius 2 is 2.24 bits per heavy atom. The highest BCUT2D eigenvalue weighted by atomic mass is 79.9. The van der Waals surface area contributed by atoms with Gasteiger partial charge in [0.2, 0.25) is 0 Å². The summed E-state index contributed by atoms with van der Waals surface area (Å²) in [4.78, 5) is 12.0. The Labute approximate surface area is 108 Å². The number of hydrogen-bond acceptors (Lipinski definition) is 3. The SMILES string of the molecule is Cn1ccc(CC(=O)c2cc(N)cc(Br)c2)n1. The van der Waals surface area contributed by atoms with Crippen molar-refractivity contribution in [2.75, 3.05) is 5.73 Å². The third kappa shape index (κ3) is 2.94. The number of nitrogens with two attached hydrogens (primary N) is 1. The molecule has 0 aliphatic heterocycles. The molecule has 1 aromatic carbocycles. The molecule has 0 unspecified atom stereocenters. The van der Waals surface area contributed by atoms with Gasteiger partial charge in [-0.05, 0) is 24.3 Å². The number of aromatic nitrogens is 2. The Hall–Kier alpha value is -1.62. The van der Waals surface area contributed by atoms with Gasteiger partial charge in [-0.3, -0.25) is 9.48 Å². The molecule has 0 aliphatic carbocycles. The number of benzene rings is 1. The Kier molecular flexibility index (Phi) is 3.28. The van der Waals surface area contributed by atoms with Crippen LogP contribution in [-0.2, 0) is 13.5 Å². The van der Waals surface area contributed by atoms with Crippen LogP contribution in [0.3, 0.4) is 0 Å². The zero-order chi connectivity index (χ0) is 12.4. The number of hydrogen-bond donors (Lipinski definition) is 1. The van der Waals surface area contributed by atoms with E-state index in [0.29, 0.717) is 11.3 Å². The van der Waals surface area contributed by atoms with E-state index < -0.39 is 0 Å². The van der Waals surface area contributed by atoms with Crippen LogP contribution < -0.4 is 5.73 Å². The summed E-state index contributed by atoms with van der Waals surface area (Å²) >= 11 is 3.32. The van der Waals surface area contributed by atoms with Gasteiger partial charge in [-0.15, -0.1) is 0 Å². The first kappa shape index (κ1) is 11.9. The third-order valence-electron chi connectivity index (χ3n) is 2.35. The van der Waals surface area contributed by atoms with Crippen molar-refractivity contribution in [3.63, 3.8) is 0 Å². The van der Waals surface area contributed by atoms with E-state index in [4.69, 9.17) is 5.73 Å². The number of anilines is 1. The second kappa shape index (κ2) is 4.71. The highest BCUT2D eigenvalue weighted by Crippen LogP contribution is 2.18. The number of halogens is 1. The molecule has 2 aromatic rings. The summed E-state index contributed by atoms with van der Waals surface area (Å²) in [6.45, 7) is 0. The molecule has 0 aliphatic rings. The highest BCUT2D eigenvalue weighted by molar-refractivity contribution is 9.10. The minimum atomic E-state index is 0.0108. The Balaban J connectivity index is 2.19. The maximum atomic E-state index is 12.0. The van der Waals surface area contributed by atoms with E-state index in [-0.39, 0.29) is 12.2 Å². The lowest BCUT2D eigenvalue weighted by Crippen LogP contribution is -2.05. The number of ketones is 1. The number of Topliss-reactive ketones (excluding diaryl/α,β-unsaturated/α-hetero) is 1. The maximum Gasteiger partial charge on any atom is 0.168 e. The molecule has 0 saturated heterocycles. The monoisotopic (exact) mass is 293 g/mol. The fraction of sp³-hybridized carbons (Fsp3) is 0.167. The highest BCUT2D eigenvalue weighted by Gasteiger charge is 2.10. The Bertz CT molecular complexity index is 542. The molecule has 0 bridgehead atoms. The van der Waals surface area contributed by atoms with Crippen LogP contribution in [0.15, 0.2) is 34.9 Å². The molecule has 5 heteroatoms. The molecule has 1 aromatic heterocycles. The summed E-state index contributed by atoms with van der Waals surface area (Å²) in [5.74, 6) is 0.0108. The van der Waals surface area contributed by atoms with Crippen molar-refractivity contribution in [3.05, 3.63) is 46.2 Å². The zero-order valence-corrected chi connectivity index (χ0v) is 10.9. The van der Waals surface area contributed by atoms with Gasteiger partial charge in [0.05, 0.1) is 12.1 Å². The molecule has 2 N–H and O–H groups in total. The summed E-state index contributed by atoms with van der Waals surface area (Å²) in [5.41, 5.74) is 7.63. The van der Waals surface area contributed by atoms with E-state index >= 15 is 0 Å². The van der Waals surface area contributed by atoms with Crippen molar-refractivity contribution in [2.24, 2.45) is 7.05 Å².